The molecule has 2 amide bonds. The van der Waals surface area contributed by atoms with Gasteiger partial charge in [0.1, 0.15) is 12.4 Å². The molecule has 7 nitrogen and oxygen atoms in total. The SMILES string of the molecule is CC1=C(C)N(c2ccc(OCc3c(NC(=O)N(C)N)cccc3C(F)(F)F)c(C)c2)NC1C. The zero-order valence-electron chi connectivity index (χ0n) is 19.2. The van der Waals surface area contributed by atoms with E-state index < -0.39 is 24.4 Å². The number of allylic oxidation sites excluding steroid dienone is 1. The van der Waals surface area contributed by atoms with Crippen LogP contribution >= 0.6 is 0 Å². The summed E-state index contributed by atoms with van der Waals surface area (Å²) in [4.78, 5) is 11.9. The molecule has 0 radical (unpaired) electrons. The Balaban J connectivity index is 1.87. The zero-order valence-corrected chi connectivity index (χ0v) is 19.2. The van der Waals surface area contributed by atoms with Crippen molar-refractivity contribution in [3.05, 3.63) is 64.4 Å². The molecule has 0 bridgehead atoms. The quantitative estimate of drug-likeness (QED) is 0.333. The Labute approximate surface area is 190 Å². The lowest BCUT2D eigenvalue weighted by Crippen LogP contribution is -2.37. The molecular formula is C23H28F3N5O2. The number of nitrogens with one attached hydrogen (secondary N) is 2. The number of ether oxygens (including phenoxy) is 1. The van der Waals surface area contributed by atoms with E-state index in [1.807, 2.05) is 31.0 Å². The molecular weight excluding hydrogens is 435 g/mol. The highest BCUT2D eigenvalue weighted by atomic mass is 19.4. The molecule has 0 saturated carbocycles. The molecule has 0 saturated heterocycles. The number of nitrogens with zero attached hydrogens (tertiary/aromatic N) is 2. The van der Waals surface area contributed by atoms with Gasteiger partial charge in [-0.15, -0.1) is 0 Å². The number of carbonyl (C=O) groups excluding carboxylic acids is 1. The summed E-state index contributed by atoms with van der Waals surface area (Å²) >= 11 is 0. The lowest BCUT2D eigenvalue weighted by Gasteiger charge is -2.23. The predicted octanol–water partition coefficient (Wildman–Crippen LogP) is 4.94. The van der Waals surface area contributed by atoms with Crippen LogP contribution in [0.25, 0.3) is 0 Å². The van der Waals surface area contributed by atoms with Crippen LogP contribution in [0.4, 0.5) is 29.3 Å². The fourth-order valence-electron chi connectivity index (χ4n) is 3.56. The molecule has 1 atom stereocenters. The number of hydrogen-bond donors (Lipinski definition) is 3. The summed E-state index contributed by atoms with van der Waals surface area (Å²) in [6.45, 7) is 7.59. The van der Waals surface area contributed by atoms with Crippen LogP contribution in [0, 0.1) is 6.92 Å². The molecule has 2 aromatic rings. The van der Waals surface area contributed by atoms with Gasteiger partial charge in [-0.3, -0.25) is 10.0 Å². The Morgan fingerprint density at radius 2 is 1.94 bits per heavy atom. The third-order valence-corrected chi connectivity index (χ3v) is 5.71. The summed E-state index contributed by atoms with van der Waals surface area (Å²) in [6, 6.07) is 8.48. The van der Waals surface area contributed by atoms with Crippen molar-refractivity contribution < 1.29 is 22.7 Å². The largest absolute Gasteiger partial charge is 0.489 e. The van der Waals surface area contributed by atoms with E-state index in [2.05, 4.69) is 24.6 Å². The van der Waals surface area contributed by atoms with Gasteiger partial charge in [-0.25, -0.2) is 16.1 Å². The highest BCUT2D eigenvalue weighted by molar-refractivity contribution is 5.89. The van der Waals surface area contributed by atoms with Gasteiger partial charge in [0.2, 0.25) is 0 Å². The average molecular weight is 464 g/mol. The first kappa shape index (κ1) is 24.4. The standard InChI is InChI=1S/C23H28F3N5O2/c1-13-11-17(31-16(4)14(2)15(3)29-31)9-10-21(13)33-12-18-19(23(24,25)26)7-6-8-20(18)28-22(32)30(5)27/h6-11,15,29H,12,27H2,1-5H3,(H,28,32). The van der Waals surface area contributed by atoms with Gasteiger partial charge in [-0.1, -0.05) is 6.07 Å². The Morgan fingerprint density at radius 1 is 1.24 bits per heavy atom. The lowest BCUT2D eigenvalue weighted by atomic mass is 10.1. The minimum Gasteiger partial charge on any atom is -0.489 e. The number of nitrogens with two attached hydrogens (primary N) is 1. The van der Waals surface area contributed by atoms with Crippen molar-refractivity contribution >= 4 is 17.4 Å². The topological polar surface area (TPSA) is 82.9 Å². The molecule has 0 aliphatic carbocycles. The molecule has 1 aliphatic heterocycles. The minimum absolute atomic E-state index is 0.0205. The molecule has 1 unspecified atom stereocenters. The number of amides is 2. The number of benzene rings is 2. The number of hydrogen-bond acceptors (Lipinski definition) is 5. The summed E-state index contributed by atoms with van der Waals surface area (Å²) in [6.07, 6.45) is -4.62. The number of aryl methyl sites for hydroxylation is 1. The van der Waals surface area contributed by atoms with Crippen LogP contribution in [-0.4, -0.2) is 24.1 Å². The van der Waals surface area contributed by atoms with Gasteiger partial charge in [0.15, 0.2) is 0 Å². The van der Waals surface area contributed by atoms with Crippen LogP contribution in [0.3, 0.4) is 0 Å². The smallest absolute Gasteiger partial charge is 0.416 e. The van der Waals surface area contributed by atoms with Crippen molar-refractivity contribution in [1.82, 2.24) is 10.4 Å². The second-order valence-corrected chi connectivity index (χ2v) is 8.06. The first-order valence-electron chi connectivity index (χ1n) is 10.4. The van der Waals surface area contributed by atoms with Crippen molar-refractivity contribution in [2.75, 3.05) is 17.4 Å². The molecule has 10 heteroatoms. The van der Waals surface area contributed by atoms with Gasteiger partial charge in [0, 0.05) is 30.0 Å². The highest BCUT2D eigenvalue weighted by Gasteiger charge is 2.35. The molecule has 0 fully saturated rings. The van der Waals surface area contributed by atoms with E-state index in [4.69, 9.17) is 10.6 Å². The number of anilines is 2. The Morgan fingerprint density at radius 3 is 2.48 bits per heavy atom. The molecule has 33 heavy (non-hydrogen) atoms. The van der Waals surface area contributed by atoms with E-state index in [1.165, 1.54) is 24.8 Å². The van der Waals surface area contributed by atoms with Gasteiger partial charge in [0.25, 0.3) is 0 Å². The Hall–Kier alpha value is -3.24. The summed E-state index contributed by atoms with van der Waals surface area (Å²) in [5.41, 5.74) is 6.26. The normalized spacial score (nSPS) is 16.3. The van der Waals surface area contributed by atoms with E-state index in [0.29, 0.717) is 5.75 Å². The van der Waals surface area contributed by atoms with E-state index in [9.17, 15) is 18.0 Å². The summed E-state index contributed by atoms with van der Waals surface area (Å²) in [5.74, 6) is 5.83. The summed E-state index contributed by atoms with van der Waals surface area (Å²) in [5, 5.41) is 5.12. The summed E-state index contributed by atoms with van der Waals surface area (Å²) < 4.78 is 46.7. The molecule has 1 heterocycles. The second kappa shape index (κ2) is 9.32. The first-order valence-corrected chi connectivity index (χ1v) is 10.4. The number of carbonyl (C=O) groups is 1. The molecule has 4 N–H and O–H groups in total. The van der Waals surface area contributed by atoms with Crippen LogP contribution in [0.15, 0.2) is 47.7 Å². The Kier molecular flexibility index (Phi) is 6.89. The second-order valence-electron chi connectivity index (χ2n) is 8.06. The van der Waals surface area contributed by atoms with Gasteiger partial charge in [0.05, 0.1) is 11.3 Å². The van der Waals surface area contributed by atoms with Crippen LogP contribution in [0.5, 0.6) is 5.75 Å². The fourth-order valence-corrected chi connectivity index (χ4v) is 3.56. The maximum absolute atomic E-state index is 13.6. The molecule has 2 aromatic carbocycles. The molecule has 0 spiro atoms. The average Bonchev–Trinajstić information content (AvgIpc) is 2.99. The van der Waals surface area contributed by atoms with Crippen molar-refractivity contribution in [2.45, 2.75) is 46.5 Å². The van der Waals surface area contributed by atoms with Gasteiger partial charge in [-0.2, -0.15) is 13.2 Å². The van der Waals surface area contributed by atoms with Gasteiger partial charge < -0.3 is 10.1 Å². The van der Waals surface area contributed by atoms with Crippen molar-refractivity contribution in [1.29, 1.82) is 0 Å². The molecule has 0 aromatic heterocycles. The number of halogens is 3. The number of hydrazine groups is 2. The number of alkyl halides is 3. The summed E-state index contributed by atoms with van der Waals surface area (Å²) in [7, 11) is 1.29. The Bertz CT molecular complexity index is 1080. The minimum atomic E-state index is -4.62. The van der Waals surface area contributed by atoms with E-state index >= 15 is 0 Å². The van der Waals surface area contributed by atoms with E-state index in [-0.39, 0.29) is 17.3 Å². The maximum atomic E-state index is 13.6. The highest BCUT2D eigenvalue weighted by Crippen LogP contribution is 2.36. The molecule has 178 valence electrons. The fraction of sp³-hybridized carbons (Fsp3) is 0.348. The maximum Gasteiger partial charge on any atom is 0.416 e. The monoisotopic (exact) mass is 463 g/mol. The van der Waals surface area contributed by atoms with Crippen LogP contribution in [0.1, 0.15) is 37.5 Å². The first-order chi connectivity index (χ1) is 15.4. The zero-order chi connectivity index (χ0) is 24.5. The van der Waals surface area contributed by atoms with Crippen molar-refractivity contribution in [3.8, 4) is 5.75 Å². The third kappa shape index (κ3) is 5.23. The third-order valence-electron chi connectivity index (χ3n) is 5.71. The number of urea groups is 1. The van der Waals surface area contributed by atoms with Crippen LogP contribution in [0.2, 0.25) is 0 Å². The lowest BCUT2D eigenvalue weighted by molar-refractivity contribution is -0.138. The van der Waals surface area contributed by atoms with Crippen LogP contribution in [-0.2, 0) is 12.8 Å². The number of rotatable bonds is 5. The molecule has 3 rings (SSSR count). The van der Waals surface area contributed by atoms with E-state index in [0.717, 1.165) is 28.0 Å². The van der Waals surface area contributed by atoms with Gasteiger partial charge in [-0.05, 0) is 69.2 Å². The van der Waals surface area contributed by atoms with Crippen molar-refractivity contribution in [3.63, 3.8) is 0 Å². The van der Waals surface area contributed by atoms with Crippen LogP contribution < -0.4 is 26.3 Å². The van der Waals surface area contributed by atoms with Crippen molar-refractivity contribution in [2.24, 2.45) is 5.84 Å². The molecule has 1 aliphatic rings. The van der Waals surface area contributed by atoms with E-state index in [1.54, 1.807) is 6.07 Å². The predicted molar refractivity (Wildman–Crippen MR) is 121 cm³/mol. The van der Waals surface area contributed by atoms with Gasteiger partial charge >= 0.3 is 12.2 Å².